The van der Waals surface area contributed by atoms with Gasteiger partial charge in [0.05, 0.1) is 4.90 Å². The fraction of sp³-hybridized carbons (Fsp3) is 0.300. The van der Waals surface area contributed by atoms with Gasteiger partial charge in [0, 0.05) is 24.4 Å². The Kier molecular flexibility index (Phi) is 5.53. The van der Waals surface area contributed by atoms with E-state index in [1.54, 1.807) is 24.3 Å². The molecule has 0 saturated carbocycles. The van der Waals surface area contributed by atoms with Gasteiger partial charge < -0.3 is 9.84 Å². The first-order valence-corrected chi connectivity index (χ1v) is 10.4. The number of carbonyl (C=O) groups is 1. The molecule has 2 aromatic carbocycles. The number of sulfonamides is 1. The summed E-state index contributed by atoms with van der Waals surface area (Å²) in [5.74, 6) is 0.613. The van der Waals surface area contributed by atoms with Crippen LogP contribution in [-0.2, 0) is 20.2 Å². The molecule has 1 aromatic heterocycles. The second kappa shape index (κ2) is 7.73. The molecule has 0 saturated heterocycles. The van der Waals surface area contributed by atoms with Crippen LogP contribution in [0.25, 0.3) is 10.8 Å². The van der Waals surface area contributed by atoms with E-state index in [0.29, 0.717) is 11.6 Å². The first-order valence-electron chi connectivity index (χ1n) is 8.91. The number of hydrogen-bond acceptors (Lipinski definition) is 5. The molecule has 0 spiro atoms. The largest absolute Gasteiger partial charge is 0.359 e. The molecule has 0 aliphatic carbocycles. The average Bonchev–Trinajstić information content (AvgIpc) is 3.10. The first kappa shape index (κ1) is 20.0. The number of benzene rings is 2. The van der Waals surface area contributed by atoms with Crippen LogP contribution in [0.4, 0.5) is 5.82 Å². The van der Waals surface area contributed by atoms with Gasteiger partial charge in [-0.25, -0.2) is 13.1 Å². The van der Waals surface area contributed by atoms with Gasteiger partial charge >= 0.3 is 0 Å². The maximum Gasteiger partial charge on any atom is 0.240 e. The Morgan fingerprint density at radius 3 is 2.46 bits per heavy atom. The second-order valence-corrected chi connectivity index (χ2v) is 9.30. The molecule has 0 unspecified atom stereocenters. The maximum absolute atomic E-state index is 12.5. The van der Waals surface area contributed by atoms with E-state index in [4.69, 9.17) is 4.52 Å². The Morgan fingerprint density at radius 2 is 1.79 bits per heavy atom. The minimum absolute atomic E-state index is 0.0228. The number of nitrogens with one attached hydrogen (secondary N) is 2. The maximum atomic E-state index is 12.5. The Bertz CT molecular complexity index is 1100. The molecule has 7 nitrogen and oxygen atoms in total. The standard InChI is InChI=1S/C20H23N3O4S/c1-20(2,3)17-13-18(23-27-17)22-19(24)10-11-21-28(25,26)16-9-8-14-6-4-5-7-15(14)12-16/h4-9,12-13,21H,10-11H2,1-3H3,(H,22,23,24). The second-order valence-electron chi connectivity index (χ2n) is 7.53. The number of anilines is 1. The van der Waals surface area contributed by atoms with Crippen LogP contribution >= 0.6 is 0 Å². The predicted molar refractivity (Wildman–Crippen MR) is 108 cm³/mol. The average molecular weight is 401 g/mol. The van der Waals surface area contributed by atoms with Gasteiger partial charge in [0.25, 0.3) is 0 Å². The van der Waals surface area contributed by atoms with Gasteiger partial charge in [0.1, 0.15) is 5.76 Å². The third-order valence-corrected chi connectivity index (χ3v) is 5.65. The number of rotatable bonds is 6. The Hall–Kier alpha value is -2.71. The van der Waals surface area contributed by atoms with Gasteiger partial charge in [-0.05, 0) is 22.9 Å². The van der Waals surface area contributed by atoms with Crippen molar-refractivity contribution < 1.29 is 17.7 Å². The Morgan fingerprint density at radius 1 is 1.07 bits per heavy atom. The summed E-state index contributed by atoms with van der Waals surface area (Å²) >= 11 is 0. The van der Waals surface area contributed by atoms with Gasteiger partial charge in [-0.2, -0.15) is 0 Å². The summed E-state index contributed by atoms with van der Waals surface area (Å²) in [6.45, 7) is 5.90. The van der Waals surface area contributed by atoms with E-state index >= 15 is 0 Å². The third-order valence-electron chi connectivity index (χ3n) is 4.19. The number of amides is 1. The van der Waals surface area contributed by atoms with Crippen molar-refractivity contribution in [2.24, 2.45) is 0 Å². The summed E-state index contributed by atoms with van der Waals surface area (Å²) in [5, 5.41) is 8.21. The molecule has 1 amide bonds. The van der Waals surface area contributed by atoms with Crippen molar-refractivity contribution in [3.8, 4) is 0 Å². The van der Waals surface area contributed by atoms with E-state index in [-0.39, 0.29) is 29.2 Å². The zero-order valence-corrected chi connectivity index (χ0v) is 16.8. The molecule has 3 aromatic rings. The van der Waals surface area contributed by atoms with Gasteiger partial charge in [-0.15, -0.1) is 0 Å². The lowest BCUT2D eigenvalue weighted by Crippen LogP contribution is -2.27. The molecule has 0 atom stereocenters. The molecule has 0 bridgehead atoms. The summed E-state index contributed by atoms with van der Waals surface area (Å²) in [4.78, 5) is 12.2. The molecular formula is C20H23N3O4S. The number of nitrogens with zero attached hydrogens (tertiary/aromatic N) is 1. The van der Waals surface area contributed by atoms with Crippen LogP contribution in [-0.4, -0.2) is 26.0 Å². The summed E-state index contributed by atoms with van der Waals surface area (Å²) in [7, 11) is -3.70. The van der Waals surface area contributed by atoms with Crippen molar-refractivity contribution in [1.82, 2.24) is 9.88 Å². The van der Waals surface area contributed by atoms with Crippen LogP contribution < -0.4 is 10.0 Å². The summed E-state index contributed by atoms with van der Waals surface area (Å²) < 4.78 is 32.6. The van der Waals surface area contributed by atoms with Crippen LogP contribution in [0.3, 0.4) is 0 Å². The summed E-state index contributed by atoms with van der Waals surface area (Å²) in [5.41, 5.74) is -0.217. The quantitative estimate of drug-likeness (QED) is 0.659. The van der Waals surface area contributed by atoms with E-state index in [2.05, 4.69) is 15.2 Å². The molecule has 0 aliphatic heterocycles. The first-order chi connectivity index (χ1) is 13.1. The van der Waals surface area contributed by atoms with E-state index in [1.807, 2.05) is 45.0 Å². The van der Waals surface area contributed by atoms with Crippen molar-refractivity contribution in [1.29, 1.82) is 0 Å². The van der Waals surface area contributed by atoms with Gasteiger partial charge in [-0.1, -0.05) is 56.3 Å². The van der Waals surface area contributed by atoms with E-state index in [9.17, 15) is 13.2 Å². The van der Waals surface area contributed by atoms with Gasteiger partial charge in [0.2, 0.25) is 15.9 Å². The van der Waals surface area contributed by atoms with Crippen LogP contribution in [0.1, 0.15) is 33.0 Å². The van der Waals surface area contributed by atoms with Crippen molar-refractivity contribution in [3.05, 3.63) is 54.3 Å². The monoisotopic (exact) mass is 401 g/mol. The molecule has 0 aliphatic rings. The number of aromatic nitrogens is 1. The molecule has 1 heterocycles. The SMILES string of the molecule is CC(C)(C)c1cc(NC(=O)CCNS(=O)(=O)c2ccc3ccccc3c2)no1. The van der Waals surface area contributed by atoms with Crippen LogP contribution in [0.5, 0.6) is 0 Å². The fourth-order valence-corrected chi connectivity index (χ4v) is 3.68. The topological polar surface area (TPSA) is 101 Å². The zero-order valence-electron chi connectivity index (χ0n) is 16.0. The highest BCUT2D eigenvalue weighted by molar-refractivity contribution is 7.89. The van der Waals surface area contributed by atoms with Crippen molar-refractivity contribution in [2.45, 2.75) is 37.5 Å². The Balaban J connectivity index is 1.57. The lowest BCUT2D eigenvalue weighted by Gasteiger charge is -2.12. The van der Waals surface area contributed by atoms with Crippen molar-refractivity contribution in [3.63, 3.8) is 0 Å². The van der Waals surface area contributed by atoms with Crippen molar-refractivity contribution >= 4 is 32.5 Å². The van der Waals surface area contributed by atoms with E-state index < -0.39 is 10.0 Å². The number of hydrogen-bond donors (Lipinski definition) is 2. The van der Waals surface area contributed by atoms with Gasteiger partial charge in [0.15, 0.2) is 5.82 Å². The number of fused-ring (bicyclic) bond motifs is 1. The molecule has 3 rings (SSSR count). The molecule has 0 radical (unpaired) electrons. The summed E-state index contributed by atoms with van der Waals surface area (Å²) in [6, 6.07) is 14.1. The lowest BCUT2D eigenvalue weighted by atomic mass is 9.93. The molecule has 28 heavy (non-hydrogen) atoms. The normalized spacial score (nSPS) is 12.2. The highest BCUT2D eigenvalue weighted by atomic mass is 32.2. The predicted octanol–water partition coefficient (Wildman–Crippen LogP) is 3.43. The molecule has 0 fully saturated rings. The number of carbonyl (C=O) groups excluding carboxylic acids is 1. The van der Waals surface area contributed by atoms with Crippen LogP contribution in [0.15, 0.2) is 57.9 Å². The van der Waals surface area contributed by atoms with Crippen LogP contribution in [0, 0.1) is 0 Å². The minimum Gasteiger partial charge on any atom is -0.359 e. The zero-order chi connectivity index (χ0) is 20.4. The minimum atomic E-state index is -3.70. The molecule has 8 heteroatoms. The highest BCUT2D eigenvalue weighted by Gasteiger charge is 2.20. The van der Waals surface area contributed by atoms with E-state index in [0.717, 1.165) is 10.8 Å². The molecule has 2 N–H and O–H groups in total. The smallest absolute Gasteiger partial charge is 0.240 e. The van der Waals surface area contributed by atoms with Crippen molar-refractivity contribution in [2.75, 3.05) is 11.9 Å². The van der Waals surface area contributed by atoms with Gasteiger partial charge in [-0.3, -0.25) is 4.79 Å². The molecule has 148 valence electrons. The third kappa shape index (κ3) is 4.76. The fourth-order valence-electron chi connectivity index (χ4n) is 2.61. The highest BCUT2D eigenvalue weighted by Crippen LogP contribution is 2.24. The Labute approximate surface area is 164 Å². The van der Waals surface area contributed by atoms with Crippen LogP contribution in [0.2, 0.25) is 0 Å². The summed E-state index contributed by atoms with van der Waals surface area (Å²) in [6.07, 6.45) is -0.0233. The lowest BCUT2D eigenvalue weighted by molar-refractivity contribution is -0.116. The molecular weight excluding hydrogens is 378 g/mol. The van der Waals surface area contributed by atoms with E-state index in [1.165, 1.54) is 0 Å².